The van der Waals surface area contributed by atoms with Gasteiger partial charge >= 0.3 is 5.97 Å². The molecule has 0 saturated carbocycles. The number of aromatic carboxylic acids is 1. The van der Waals surface area contributed by atoms with Crippen LogP contribution in [-0.4, -0.2) is 27.7 Å². The number of phenols is 1. The Bertz CT molecular complexity index is 715. The van der Waals surface area contributed by atoms with Gasteiger partial charge in [0.25, 0.3) is 5.69 Å². The van der Waals surface area contributed by atoms with Crippen LogP contribution < -0.4 is 5.32 Å². The molecule has 2 rings (SSSR count). The minimum atomic E-state index is -1.22. The number of para-hydroxylation sites is 1. The maximum atomic E-state index is 10.9. The van der Waals surface area contributed by atoms with Crippen molar-refractivity contribution in [2.45, 2.75) is 6.42 Å². The van der Waals surface area contributed by atoms with E-state index >= 15 is 0 Å². The fourth-order valence-corrected chi connectivity index (χ4v) is 2.06. The van der Waals surface area contributed by atoms with Crippen molar-refractivity contribution in [1.29, 1.82) is 0 Å². The van der Waals surface area contributed by atoms with Gasteiger partial charge in [0.15, 0.2) is 0 Å². The normalized spacial score (nSPS) is 10.2. The lowest BCUT2D eigenvalue weighted by atomic mass is 10.1. The lowest BCUT2D eigenvalue weighted by Gasteiger charge is -2.08. The monoisotopic (exact) mass is 302 g/mol. The Balaban J connectivity index is 2.04. The van der Waals surface area contributed by atoms with E-state index < -0.39 is 10.9 Å². The molecule has 0 aliphatic carbocycles. The highest BCUT2D eigenvalue weighted by atomic mass is 16.6. The predicted octanol–water partition coefficient (Wildman–Crippen LogP) is 2.65. The number of nitro benzene ring substituents is 1. The van der Waals surface area contributed by atoms with Crippen molar-refractivity contribution in [3.63, 3.8) is 0 Å². The van der Waals surface area contributed by atoms with Crippen molar-refractivity contribution in [3.05, 3.63) is 63.7 Å². The minimum Gasteiger partial charge on any atom is -0.507 e. The van der Waals surface area contributed by atoms with E-state index in [1.54, 1.807) is 24.3 Å². The molecule has 0 heterocycles. The van der Waals surface area contributed by atoms with E-state index in [1.165, 1.54) is 18.2 Å². The van der Waals surface area contributed by atoms with Gasteiger partial charge in [0, 0.05) is 23.9 Å². The van der Waals surface area contributed by atoms with Crippen LogP contribution in [-0.2, 0) is 6.42 Å². The molecule has 0 atom stereocenters. The first-order valence-electron chi connectivity index (χ1n) is 6.51. The number of nitrogens with one attached hydrogen (secondary N) is 1. The van der Waals surface area contributed by atoms with Crippen molar-refractivity contribution in [2.75, 3.05) is 11.9 Å². The fourth-order valence-electron chi connectivity index (χ4n) is 2.06. The summed E-state index contributed by atoms with van der Waals surface area (Å²) in [5, 5.41) is 32.2. The lowest BCUT2D eigenvalue weighted by molar-refractivity contribution is -0.385. The summed E-state index contributed by atoms with van der Waals surface area (Å²) >= 11 is 0. The zero-order valence-electron chi connectivity index (χ0n) is 11.5. The highest BCUT2D eigenvalue weighted by molar-refractivity contribution is 5.91. The van der Waals surface area contributed by atoms with Gasteiger partial charge in [-0.25, -0.2) is 4.79 Å². The minimum absolute atomic E-state index is 0.0567. The number of carboxylic acid groups (broad SMARTS) is 1. The highest BCUT2D eigenvalue weighted by Crippen LogP contribution is 2.22. The molecule has 0 spiro atoms. The van der Waals surface area contributed by atoms with Gasteiger partial charge in [0.1, 0.15) is 11.3 Å². The Kier molecular flexibility index (Phi) is 4.57. The largest absolute Gasteiger partial charge is 0.507 e. The summed E-state index contributed by atoms with van der Waals surface area (Å²) in [6.07, 6.45) is 0.417. The maximum Gasteiger partial charge on any atom is 0.339 e. The summed E-state index contributed by atoms with van der Waals surface area (Å²) in [6, 6.07) is 10.6. The Morgan fingerprint density at radius 3 is 2.64 bits per heavy atom. The molecule has 0 fully saturated rings. The molecule has 22 heavy (non-hydrogen) atoms. The quantitative estimate of drug-likeness (QED) is 0.429. The van der Waals surface area contributed by atoms with Gasteiger partial charge in [0.2, 0.25) is 0 Å². The number of benzene rings is 2. The van der Waals surface area contributed by atoms with Crippen LogP contribution in [0.25, 0.3) is 0 Å². The van der Waals surface area contributed by atoms with E-state index in [0.29, 0.717) is 24.2 Å². The third kappa shape index (κ3) is 3.51. The Hall–Kier alpha value is -3.09. The molecule has 3 N–H and O–H groups in total. The van der Waals surface area contributed by atoms with E-state index in [9.17, 15) is 20.0 Å². The summed E-state index contributed by atoms with van der Waals surface area (Å²) in [6.45, 7) is 0.398. The molecule has 0 saturated heterocycles. The average molecular weight is 302 g/mol. The maximum absolute atomic E-state index is 10.9. The molecule has 0 amide bonds. The first-order valence-corrected chi connectivity index (χ1v) is 6.51. The van der Waals surface area contributed by atoms with Gasteiger partial charge in [-0.3, -0.25) is 10.1 Å². The number of hydrogen-bond acceptors (Lipinski definition) is 5. The molecule has 0 aliphatic rings. The van der Waals surface area contributed by atoms with E-state index in [4.69, 9.17) is 5.11 Å². The molecule has 0 aliphatic heterocycles. The van der Waals surface area contributed by atoms with Crippen molar-refractivity contribution < 1.29 is 19.9 Å². The first kappa shape index (κ1) is 15.3. The number of carboxylic acids is 1. The number of nitrogens with zero attached hydrogens (tertiary/aromatic N) is 1. The molecule has 0 aromatic heterocycles. The van der Waals surface area contributed by atoms with E-state index in [0.717, 1.165) is 0 Å². The van der Waals surface area contributed by atoms with Crippen molar-refractivity contribution in [3.8, 4) is 5.75 Å². The van der Waals surface area contributed by atoms with Crippen molar-refractivity contribution in [1.82, 2.24) is 0 Å². The third-order valence-corrected chi connectivity index (χ3v) is 3.14. The van der Waals surface area contributed by atoms with Crippen LogP contribution in [0, 0.1) is 10.1 Å². The number of aromatic hydroxyl groups is 1. The molecule has 7 heteroatoms. The van der Waals surface area contributed by atoms with Gasteiger partial charge in [-0.15, -0.1) is 0 Å². The Labute approximate surface area is 126 Å². The lowest BCUT2D eigenvalue weighted by Crippen LogP contribution is -2.07. The zero-order chi connectivity index (χ0) is 16.1. The van der Waals surface area contributed by atoms with Crippen LogP contribution in [0.5, 0.6) is 5.75 Å². The first-order chi connectivity index (χ1) is 10.5. The Morgan fingerprint density at radius 2 is 1.95 bits per heavy atom. The average Bonchev–Trinajstić information content (AvgIpc) is 2.49. The summed E-state index contributed by atoms with van der Waals surface area (Å²) in [5.74, 6) is -1.53. The molecular formula is C15H14N2O5. The summed E-state index contributed by atoms with van der Waals surface area (Å²) < 4.78 is 0. The SMILES string of the molecule is O=C(O)c1cc(NCCc2ccccc2[N+](=O)[O-])ccc1O. The fraction of sp³-hybridized carbons (Fsp3) is 0.133. The summed E-state index contributed by atoms with van der Waals surface area (Å²) in [7, 11) is 0. The van der Waals surface area contributed by atoms with Gasteiger partial charge in [-0.1, -0.05) is 18.2 Å². The number of nitro groups is 1. The number of hydrogen-bond donors (Lipinski definition) is 3. The summed E-state index contributed by atoms with van der Waals surface area (Å²) in [4.78, 5) is 21.4. The van der Waals surface area contributed by atoms with Gasteiger partial charge < -0.3 is 15.5 Å². The van der Waals surface area contributed by atoms with E-state index in [-0.39, 0.29) is 17.0 Å². The van der Waals surface area contributed by atoms with Crippen molar-refractivity contribution >= 4 is 17.3 Å². The molecule has 0 radical (unpaired) electrons. The van der Waals surface area contributed by atoms with Gasteiger partial charge in [-0.05, 0) is 24.6 Å². The van der Waals surface area contributed by atoms with Crippen LogP contribution in [0.15, 0.2) is 42.5 Å². The third-order valence-electron chi connectivity index (χ3n) is 3.14. The standard InChI is InChI=1S/C15H14N2O5/c18-14-6-5-11(9-12(14)15(19)20)16-8-7-10-3-1-2-4-13(10)17(21)22/h1-6,9,16,18H,7-8H2,(H,19,20). The second-order valence-corrected chi connectivity index (χ2v) is 4.60. The predicted molar refractivity (Wildman–Crippen MR) is 80.4 cm³/mol. The number of carbonyl (C=O) groups is 1. The van der Waals surface area contributed by atoms with Crippen LogP contribution in [0.1, 0.15) is 15.9 Å². The van der Waals surface area contributed by atoms with Crippen LogP contribution in [0.4, 0.5) is 11.4 Å². The Morgan fingerprint density at radius 1 is 1.23 bits per heavy atom. The van der Waals surface area contributed by atoms with Gasteiger partial charge in [0.05, 0.1) is 4.92 Å². The molecule has 0 unspecified atom stereocenters. The zero-order valence-corrected chi connectivity index (χ0v) is 11.5. The van der Waals surface area contributed by atoms with Crippen LogP contribution in [0.2, 0.25) is 0 Å². The van der Waals surface area contributed by atoms with E-state index in [2.05, 4.69) is 5.32 Å². The van der Waals surface area contributed by atoms with Crippen LogP contribution in [0.3, 0.4) is 0 Å². The molecule has 2 aromatic rings. The molecule has 114 valence electrons. The van der Waals surface area contributed by atoms with E-state index in [1.807, 2.05) is 0 Å². The number of rotatable bonds is 6. The second-order valence-electron chi connectivity index (χ2n) is 4.60. The highest BCUT2D eigenvalue weighted by Gasteiger charge is 2.12. The topological polar surface area (TPSA) is 113 Å². The molecule has 2 aromatic carbocycles. The van der Waals surface area contributed by atoms with Gasteiger partial charge in [-0.2, -0.15) is 0 Å². The second kappa shape index (κ2) is 6.57. The van der Waals surface area contributed by atoms with Crippen LogP contribution >= 0.6 is 0 Å². The molecular weight excluding hydrogens is 288 g/mol. The number of anilines is 1. The smallest absolute Gasteiger partial charge is 0.339 e. The van der Waals surface area contributed by atoms with Crippen molar-refractivity contribution in [2.24, 2.45) is 0 Å². The molecule has 0 bridgehead atoms. The summed E-state index contributed by atoms with van der Waals surface area (Å²) in [5.41, 5.74) is 0.975. The molecule has 7 nitrogen and oxygen atoms in total.